The van der Waals surface area contributed by atoms with Gasteiger partial charge in [-0.05, 0) is 30.3 Å². The van der Waals surface area contributed by atoms with E-state index in [4.69, 9.17) is 11.6 Å². The van der Waals surface area contributed by atoms with Crippen LogP contribution in [0.2, 0.25) is 5.02 Å². The highest BCUT2D eigenvalue weighted by Crippen LogP contribution is 2.17. The zero-order valence-corrected chi connectivity index (χ0v) is 12.6. The van der Waals surface area contributed by atoms with Crippen molar-refractivity contribution in [3.63, 3.8) is 0 Å². The molecule has 4 nitrogen and oxygen atoms in total. The van der Waals surface area contributed by atoms with E-state index in [0.717, 1.165) is 5.52 Å². The van der Waals surface area contributed by atoms with Crippen molar-refractivity contribution >= 4 is 34.1 Å². The van der Waals surface area contributed by atoms with Gasteiger partial charge in [0.25, 0.3) is 5.91 Å². The minimum Gasteiger partial charge on any atom is -0.350 e. The lowest BCUT2D eigenvalue weighted by Gasteiger charge is -2.10. The molecule has 1 aromatic heterocycles. The Hall–Kier alpha value is -2.59. The van der Waals surface area contributed by atoms with Gasteiger partial charge in [-0.2, -0.15) is 0 Å². The molecule has 0 bridgehead atoms. The predicted molar refractivity (Wildman–Crippen MR) is 88.6 cm³/mol. The van der Waals surface area contributed by atoms with E-state index in [2.05, 4.69) is 5.32 Å². The summed E-state index contributed by atoms with van der Waals surface area (Å²) >= 11 is 5.96. The zero-order valence-electron chi connectivity index (χ0n) is 11.8. The summed E-state index contributed by atoms with van der Waals surface area (Å²) in [6.07, 6.45) is 1.54. The van der Waals surface area contributed by atoms with Gasteiger partial charge < -0.3 is 9.88 Å². The fourth-order valence-electron chi connectivity index (χ4n) is 2.35. The van der Waals surface area contributed by atoms with E-state index in [1.165, 1.54) is 6.20 Å². The van der Waals surface area contributed by atoms with Gasteiger partial charge >= 0.3 is 0 Å². The van der Waals surface area contributed by atoms with Crippen LogP contribution in [0, 0.1) is 0 Å². The van der Waals surface area contributed by atoms with Crippen molar-refractivity contribution in [2.75, 3.05) is 5.32 Å². The third-order valence-electron chi connectivity index (χ3n) is 3.43. The first-order valence-corrected chi connectivity index (χ1v) is 7.09. The van der Waals surface area contributed by atoms with E-state index < -0.39 is 5.91 Å². The monoisotopic (exact) mass is 312 g/mol. The van der Waals surface area contributed by atoms with Crippen LogP contribution in [0.15, 0.2) is 59.5 Å². The first kappa shape index (κ1) is 14.4. The Labute approximate surface area is 132 Å². The molecule has 1 heterocycles. The summed E-state index contributed by atoms with van der Waals surface area (Å²) in [7, 11) is 1.79. The lowest BCUT2D eigenvalue weighted by molar-refractivity contribution is 0.102. The molecular weight excluding hydrogens is 300 g/mol. The molecule has 0 radical (unpaired) electrons. The molecule has 0 spiro atoms. The van der Waals surface area contributed by atoms with Crippen molar-refractivity contribution in [2.24, 2.45) is 7.05 Å². The number of nitrogens with zero attached hydrogens (tertiary/aromatic N) is 1. The second-order valence-corrected chi connectivity index (χ2v) is 5.40. The molecule has 22 heavy (non-hydrogen) atoms. The number of carbonyl (C=O) groups is 1. The molecular formula is C17H13ClN2O2. The predicted octanol–water partition coefficient (Wildman–Crippen LogP) is 3.44. The van der Waals surface area contributed by atoms with Crippen molar-refractivity contribution < 1.29 is 4.79 Å². The second kappa shape index (κ2) is 5.66. The van der Waals surface area contributed by atoms with E-state index in [1.807, 2.05) is 18.2 Å². The van der Waals surface area contributed by atoms with Gasteiger partial charge in [0.15, 0.2) is 0 Å². The smallest absolute Gasteiger partial charge is 0.261 e. The molecule has 0 saturated heterocycles. The summed E-state index contributed by atoms with van der Waals surface area (Å²) in [5.41, 5.74) is 1.12. The van der Waals surface area contributed by atoms with E-state index in [0.29, 0.717) is 16.1 Å². The summed E-state index contributed by atoms with van der Waals surface area (Å²) in [4.78, 5) is 24.9. The van der Waals surface area contributed by atoms with Gasteiger partial charge in [0.05, 0.1) is 5.52 Å². The number of pyridine rings is 1. The van der Waals surface area contributed by atoms with Gasteiger partial charge in [0.1, 0.15) is 5.56 Å². The topological polar surface area (TPSA) is 51.1 Å². The first-order chi connectivity index (χ1) is 10.6. The number of fused-ring (bicyclic) bond motifs is 1. The molecule has 3 aromatic rings. The van der Waals surface area contributed by atoms with Crippen molar-refractivity contribution in [3.8, 4) is 0 Å². The SMILES string of the molecule is Cn1cc(C(=O)Nc2ccccc2)c(=O)c2cc(Cl)ccc21. The van der Waals surface area contributed by atoms with Gasteiger partial charge in [-0.15, -0.1) is 0 Å². The minimum absolute atomic E-state index is 0.0844. The van der Waals surface area contributed by atoms with Crippen LogP contribution in [0.1, 0.15) is 10.4 Å². The van der Waals surface area contributed by atoms with Crippen LogP contribution >= 0.6 is 11.6 Å². The quantitative estimate of drug-likeness (QED) is 0.788. The number of aryl methyl sites for hydroxylation is 1. The molecule has 0 saturated carbocycles. The highest BCUT2D eigenvalue weighted by atomic mass is 35.5. The molecule has 3 rings (SSSR count). The summed E-state index contributed by atoms with van der Waals surface area (Å²) in [6.45, 7) is 0. The average molecular weight is 313 g/mol. The van der Waals surface area contributed by atoms with E-state index in [9.17, 15) is 9.59 Å². The number of aromatic nitrogens is 1. The Bertz CT molecular complexity index is 917. The highest BCUT2D eigenvalue weighted by Gasteiger charge is 2.15. The number of halogens is 1. The number of hydrogen-bond donors (Lipinski definition) is 1. The number of anilines is 1. The fraction of sp³-hybridized carbons (Fsp3) is 0.0588. The number of carbonyl (C=O) groups excluding carboxylic acids is 1. The summed E-state index contributed by atoms with van der Waals surface area (Å²) in [5, 5.41) is 3.61. The van der Waals surface area contributed by atoms with E-state index in [-0.39, 0.29) is 11.0 Å². The maximum Gasteiger partial charge on any atom is 0.261 e. The maximum atomic E-state index is 12.5. The largest absolute Gasteiger partial charge is 0.350 e. The molecule has 0 aliphatic rings. The molecule has 0 unspecified atom stereocenters. The summed E-state index contributed by atoms with van der Waals surface area (Å²) < 4.78 is 1.74. The standard InChI is InChI=1S/C17H13ClN2O2/c1-20-10-14(17(22)19-12-5-3-2-4-6-12)16(21)13-9-11(18)7-8-15(13)20/h2-10H,1H3,(H,19,22). The van der Waals surface area contributed by atoms with Gasteiger partial charge in [0, 0.05) is 29.3 Å². The van der Waals surface area contributed by atoms with Gasteiger partial charge in [-0.25, -0.2) is 0 Å². The van der Waals surface area contributed by atoms with E-state index in [1.54, 1.807) is 41.9 Å². The highest BCUT2D eigenvalue weighted by molar-refractivity contribution is 6.31. The number of rotatable bonds is 2. The van der Waals surface area contributed by atoms with Crippen LogP contribution in [-0.4, -0.2) is 10.5 Å². The van der Waals surface area contributed by atoms with Crippen LogP contribution < -0.4 is 10.7 Å². The number of para-hydroxylation sites is 1. The molecule has 2 aromatic carbocycles. The molecule has 0 atom stereocenters. The van der Waals surface area contributed by atoms with Gasteiger partial charge in [0.2, 0.25) is 5.43 Å². The molecule has 0 fully saturated rings. The van der Waals surface area contributed by atoms with Gasteiger partial charge in [-0.1, -0.05) is 29.8 Å². The third-order valence-corrected chi connectivity index (χ3v) is 3.66. The Morgan fingerprint density at radius 3 is 2.59 bits per heavy atom. The molecule has 5 heteroatoms. The number of benzene rings is 2. The fourth-order valence-corrected chi connectivity index (χ4v) is 2.52. The van der Waals surface area contributed by atoms with Crippen molar-refractivity contribution in [1.29, 1.82) is 0 Å². The molecule has 1 amide bonds. The van der Waals surface area contributed by atoms with Crippen LogP contribution in [0.3, 0.4) is 0 Å². The van der Waals surface area contributed by atoms with Crippen molar-refractivity contribution in [2.45, 2.75) is 0 Å². The van der Waals surface area contributed by atoms with Crippen LogP contribution in [0.5, 0.6) is 0 Å². The maximum absolute atomic E-state index is 12.5. The molecule has 0 aliphatic carbocycles. The first-order valence-electron chi connectivity index (χ1n) is 6.71. The van der Waals surface area contributed by atoms with Crippen molar-refractivity contribution in [3.05, 3.63) is 75.5 Å². The Kier molecular flexibility index (Phi) is 3.69. The molecule has 0 aliphatic heterocycles. The molecule has 1 N–H and O–H groups in total. The lowest BCUT2D eigenvalue weighted by atomic mass is 10.1. The minimum atomic E-state index is -0.436. The van der Waals surface area contributed by atoms with Gasteiger partial charge in [-0.3, -0.25) is 9.59 Å². The molecule has 110 valence electrons. The third kappa shape index (κ3) is 2.61. The van der Waals surface area contributed by atoms with Crippen LogP contribution in [-0.2, 0) is 7.05 Å². The van der Waals surface area contributed by atoms with Crippen LogP contribution in [0.25, 0.3) is 10.9 Å². The summed E-state index contributed by atoms with van der Waals surface area (Å²) in [5.74, 6) is -0.436. The van der Waals surface area contributed by atoms with E-state index >= 15 is 0 Å². The average Bonchev–Trinajstić information content (AvgIpc) is 2.51. The number of amides is 1. The summed E-state index contributed by atoms with van der Waals surface area (Å²) in [6, 6.07) is 14.1. The number of nitrogens with one attached hydrogen (secondary N) is 1. The Morgan fingerprint density at radius 2 is 1.86 bits per heavy atom. The second-order valence-electron chi connectivity index (χ2n) is 4.96. The van der Waals surface area contributed by atoms with Crippen molar-refractivity contribution in [1.82, 2.24) is 4.57 Å². The normalized spacial score (nSPS) is 10.6. The Morgan fingerprint density at radius 1 is 1.14 bits per heavy atom. The lowest BCUT2D eigenvalue weighted by Crippen LogP contribution is -2.23. The zero-order chi connectivity index (χ0) is 15.7. The van der Waals surface area contributed by atoms with Crippen LogP contribution in [0.4, 0.5) is 5.69 Å². The number of hydrogen-bond acceptors (Lipinski definition) is 2. The Balaban J connectivity index is 2.09.